The van der Waals surface area contributed by atoms with Gasteiger partial charge in [0.15, 0.2) is 17.3 Å². The lowest BCUT2D eigenvalue weighted by molar-refractivity contribution is -0.144. The van der Waals surface area contributed by atoms with Crippen molar-refractivity contribution in [2.75, 3.05) is 13.3 Å². The number of hydrogen-bond donors (Lipinski definition) is 3. The maximum Gasteiger partial charge on any atom is 0.246 e. The second kappa shape index (κ2) is 10.9. The van der Waals surface area contributed by atoms with E-state index < -0.39 is 6.04 Å². The maximum atomic E-state index is 13.4. The molecule has 5 N–H and O–H groups in total. The number of nitrogens with two attached hydrogens (primary N) is 2. The summed E-state index contributed by atoms with van der Waals surface area (Å²) < 4.78 is 10.7. The number of rotatable bonds is 8. The third kappa shape index (κ3) is 5.72. The molecule has 1 aromatic carbocycles. The highest BCUT2D eigenvalue weighted by Crippen LogP contribution is 2.32. The highest BCUT2D eigenvalue weighted by molar-refractivity contribution is 5.98. The van der Waals surface area contributed by atoms with Crippen molar-refractivity contribution in [3.8, 4) is 11.5 Å². The van der Waals surface area contributed by atoms with Crippen LogP contribution in [0.1, 0.15) is 70.3 Å². The van der Waals surface area contributed by atoms with Gasteiger partial charge in [0.2, 0.25) is 18.6 Å². The standard InChI is InChI=1S/C24H36N6O4/c1-16(24(32)27-18-7-5-6-8-18)30(19-9-3-2-4-10-19)22(31)14-29(26)28-23(25)17-11-12-20-21(13-17)34-15-33-20/h11-13,16,18-19H,2-10,14-15,26H2,1H3,(H2,25,28)(H,27,32)/t16-/m1/s1. The van der Waals surface area contributed by atoms with Gasteiger partial charge in [0.1, 0.15) is 12.6 Å². The van der Waals surface area contributed by atoms with Crippen LogP contribution in [0.25, 0.3) is 0 Å². The van der Waals surface area contributed by atoms with Crippen LogP contribution in [-0.2, 0) is 9.59 Å². The van der Waals surface area contributed by atoms with Crippen LogP contribution >= 0.6 is 0 Å². The monoisotopic (exact) mass is 472 g/mol. The molecule has 34 heavy (non-hydrogen) atoms. The molecule has 0 saturated heterocycles. The Morgan fingerprint density at radius 3 is 2.50 bits per heavy atom. The fourth-order valence-electron chi connectivity index (χ4n) is 5.12. The van der Waals surface area contributed by atoms with Crippen LogP contribution in [0.2, 0.25) is 0 Å². The lowest BCUT2D eigenvalue weighted by atomic mass is 9.93. The minimum atomic E-state index is -0.570. The van der Waals surface area contributed by atoms with Crippen molar-refractivity contribution in [1.82, 2.24) is 15.3 Å². The van der Waals surface area contributed by atoms with E-state index in [0.717, 1.165) is 62.9 Å². The Balaban J connectivity index is 1.43. The zero-order valence-corrected chi connectivity index (χ0v) is 19.9. The third-order valence-electron chi connectivity index (χ3n) is 6.96. The molecule has 1 heterocycles. The van der Waals surface area contributed by atoms with E-state index in [0.29, 0.717) is 17.1 Å². The molecule has 2 fully saturated rings. The summed E-state index contributed by atoms with van der Waals surface area (Å²) in [6.07, 6.45) is 9.30. The van der Waals surface area contributed by atoms with Gasteiger partial charge in [0.05, 0.1) is 0 Å². The minimum absolute atomic E-state index is 0.0224. The molecule has 1 aromatic rings. The normalized spacial score (nSPS) is 19.6. The van der Waals surface area contributed by atoms with Crippen LogP contribution < -0.4 is 26.4 Å². The third-order valence-corrected chi connectivity index (χ3v) is 6.96. The highest BCUT2D eigenvalue weighted by atomic mass is 16.7. The average molecular weight is 473 g/mol. The van der Waals surface area contributed by atoms with E-state index in [2.05, 4.69) is 10.4 Å². The fourth-order valence-corrected chi connectivity index (χ4v) is 5.12. The van der Waals surface area contributed by atoms with E-state index in [1.54, 1.807) is 23.1 Å². The van der Waals surface area contributed by atoms with Gasteiger partial charge in [-0.15, -0.1) is 5.10 Å². The molecule has 3 aliphatic rings. The second-order valence-corrected chi connectivity index (χ2v) is 9.41. The van der Waals surface area contributed by atoms with Crippen LogP contribution in [0, 0.1) is 0 Å². The summed E-state index contributed by atoms with van der Waals surface area (Å²) >= 11 is 0. The SMILES string of the molecule is C[C@H](C(=O)NC1CCCC1)N(C(=O)CN(N)/N=C(\N)c1ccc2c(c1)OCO2)C1CCCCC1. The van der Waals surface area contributed by atoms with Crippen molar-refractivity contribution in [2.45, 2.75) is 82.8 Å². The number of ether oxygens (including phenoxy) is 2. The van der Waals surface area contributed by atoms with Crippen LogP contribution in [0.4, 0.5) is 0 Å². The second-order valence-electron chi connectivity index (χ2n) is 9.41. The van der Waals surface area contributed by atoms with E-state index in [-0.39, 0.29) is 43.1 Å². The molecule has 0 bridgehead atoms. The highest BCUT2D eigenvalue weighted by Gasteiger charge is 2.34. The van der Waals surface area contributed by atoms with Gasteiger partial charge in [0, 0.05) is 17.6 Å². The number of hydrogen-bond acceptors (Lipinski definition) is 7. The van der Waals surface area contributed by atoms with Crippen molar-refractivity contribution in [2.24, 2.45) is 16.7 Å². The molecule has 186 valence electrons. The smallest absolute Gasteiger partial charge is 0.246 e. The molecule has 0 radical (unpaired) electrons. The van der Waals surface area contributed by atoms with Gasteiger partial charge in [-0.1, -0.05) is 32.1 Å². The Hall–Kier alpha value is -3.01. The van der Waals surface area contributed by atoms with Gasteiger partial charge in [-0.25, -0.2) is 11.0 Å². The largest absolute Gasteiger partial charge is 0.454 e. The van der Waals surface area contributed by atoms with Gasteiger partial charge in [0.25, 0.3) is 0 Å². The average Bonchev–Trinajstić information content (AvgIpc) is 3.51. The van der Waals surface area contributed by atoms with Crippen molar-refractivity contribution in [3.05, 3.63) is 23.8 Å². The van der Waals surface area contributed by atoms with Crippen LogP contribution in [0.15, 0.2) is 23.3 Å². The van der Waals surface area contributed by atoms with E-state index in [1.807, 2.05) is 6.92 Å². The number of amides is 2. The first-order chi connectivity index (χ1) is 16.4. The molecule has 1 aliphatic heterocycles. The van der Waals surface area contributed by atoms with Crippen LogP contribution in [0.3, 0.4) is 0 Å². The molecule has 2 aliphatic carbocycles. The molecule has 2 amide bonds. The van der Waals surface area contributed by atoms with Gasteiger partial charge in [-0.05, 0) is 50.8 Å². The first-order valence-electron chi connectivity index (χ1n) is 12.3. The molecule has 10 heteroatoms. The van der Waals surface area contributed by atoms with Crippen molar-refractivity contribution in [3.63, 3.8) is 0 Å². The Morgan fingerprint density at radius 1 is 1.09 bits per heavy atom. The number of carbonyl (C=O) groups excluding carboxylic acids is 2. The predicted molar refractivity (Wildman–Crippen MR) is 128 cm³/mol. The summed E-state index contributed by atoms with van der Waals surface area (Å²) in [4.78, 5) is 28.1. The predicted octanol–water partition coefficient (Wildman–Crippen LogP) is 1.82. The number of amidine groups is 1. The van der Waals surface area contributed by atoms with Crippen molar-refractivity contribution >= 4 is 17.6 Å². The Bertz CT molecular complexity index is 911. The van der Waals surface area contributed by atoms with Crippen molar-refractivity contribution in [1.29, 1.82) is 0 Å². The van der Waals surface area contributed by atoms with E-state index >= 15 is 0 Å². The lowest BCUT2D eigenvalue weighted by Gasteiger charge is -2.38. The number of carbonyl (C=O) groups is 2. The number of benzene rings is 1. The number of hydrazone groups is 1. The topological polar surface area (TPSA) is 136 Å². The van der Waals surface area contributed by atoms with Gasteiger partial charge < -0.3 is 25.4 Å². The number of nitrogens with zero attached hydrogens (tertiary/aromatic N) is 3. The zero-order chi connectivity index (χ0) is 24.1. The van der Waals surface area contributed by atoms with Gasteiger partial charge in [-0.3, -0.25) is 9.59 Å². The zero-order valence-electron chi connectivity index (χ0n) is 19.9. The summed E-state index contributed by atoms with van der Waals surface area (Å²) in [6, 6.07) is 4.89. The first kappa shape index (κ1) is 24.1. The van der Waals surface area contributed by atoms with Crippen LogP contribution in [-0.4, -0.2) is 59.1 Å². The molecule has 10 nitrogen and oxygen atoms in total. The Labute approximate surface area is 200 Å². The Morgan fingerprint density at radius 2 is 1.76 bits per heavy atom. The van der Waals surface area contributed by atoms with Crippen molar-refractivity contribution < 1.29 is 19.1 Å². The summed E-state index contributed by atoms with van der Waals surface area (Å²) in [5, 5.41) is 8.36. The maximum absolute atomic E-state index is 13.4. The molecule has 1 atom stereocenters. The number of hydrazine groups is 1. The number of nitrogens with one attached hydrogen (secondary N) is 1. The molecule has 2 saturated carbocycles. The summed E-state index contributed by atoms with van der Waals surface area (Å²) in [7, 11) is 0. The molecule has 4 rings (SSSR count). The van der Waals surface area contributed by atoms with E-state index in [4.69, 9.17) is 21.1 Å². The van der Waals surface area contributed by atoms with Gasteiger partial charge >= 0.3 is 0 Å². The summed E-state index contributed by atoms with van der Waals surface area (Å²) in [6.45, 7) is 1.79. The first-order valence-corrected chi connectivity index (χ1v) is 12.3. The summed E-state index contributed by atoms with van der Waals surface area (Å²) in [5.41, 5.74) is 6.74. The molecular weight excluding hydrogens is 436 g/mol. The lowest BCUT2D eigenvalue weighted by Crippen LogP contribution is -2.56. The van der Waals surface area contributed by atoms with Crippen LogP contribution in [0.5, 0.6) is 11.5 Å². The fraction of sp³-hybridized carbons (Fsp3) is 0.625. The minimum Gasteiger partial charge on any atom is -0.454 e. The molecule has 0 unspecified atom stereocenters. The quantitative estimate of drug-likeness (QED) is 0.227. The molecule has 0 spiro atoms. The Kier molecular flexibility index (Phi) is 7.77. The summed E-state index contributed by atoms with van der Waals surface area (Å²) in [5.74, 6) is 7.12. The van der Waals surface area contributed by atoms with E-state index in [9.17, 15) is 9.59 Å². The number of fused-ring (bicyclic) bond motifs is 1. The molecule has 0 aromatic heterocycles. The van der Waals surface area contributed by atoms with E-state index in [1.165, 1.54) is 0 Å². The molecular formula is C24H36N6O4. The van der Waals surface area contributed by atoms with Gasteiger partial charge in [-0.2, -0.15) is 0 Å².